The summed E-state index contributed by atoms with van der Waals surface area (Å²) in [5, 5.41) is 8.33. The maximum atomic E-state index is 13.0. The van der Waals surface area contributed by atoms with Gasteiger partial charge in [0.25, 0.3) is 5.91 Å². The number of benzene rings is 5. The van der Waals surface area contributed by atoms with Gasteiger partial charge in [0.2, 0.25) is 0 Å². The van der Waals surface area contributed by atoms with Gasteiger partial charge in [0.05, 0.1) is 5.56 Å². The summed E-state index contributed by atoms with van der Waals surface area (Å²) < 4.78 is 5.44. The van der Waals surface area contributed by atoms with E-state index in [-0.39, 0.29) is 12.5 Å². The Hall–Kier alpha value is -4.18. The summed E-state index contributed by atoms with van der Waals surface area (Å²) in [6, 6.07) is 30.9. The topological polar surface area (TPSA) is 55.4 Å². The Bertz CT molecular complexity index is 1400. The van der Waals surface area contributed by atoms with Gasteiger partial charge in [-0.1, -0.05) is 84.9 Å². The van der Waals surface area contributed by atoms with E-state index < -0.39 is 5.97 Å². The second-order valence-corrected chi connectivity index (χ2v) is 7.34. The van der Waals surface area contributed by atoms with Crippen molar-refractivity contribution in [2.45, 2.75) is 0 Å². The highest BCUT2D eigenvalue weighted by Crippen LogP contribution is 2.29. The zero-order chi connectivity index (χ0) is 21.2. The lowest BCUT2D eigenvalue weighted by Crippen LogP contribution is -2.21. The summed E-state index contributed by atoms with van der Waals surface area (Å²) in [5.74, 6) is -0.893. The first-order valence-electron chi connectivity index (χ1n) is 10.1. The van der Waals surface area contributed by atoms with Gasteiger partial charge in [0, 0.05) is 11.1 Å². The summed E-state index contributed by atoms with van der Waals surface area (Å²) in [5.41, 5.74) is 1.17. The fraction of sp³-hybridized carbons (Fsp3) is 0.0370. The lowest BCUT2D eigenvalue weighted by molar-refractivity contribution is -0.119. The normalized spacial score (nSPS) is 11.0. The molecule has 1 N–H and O–H groups in total. The van der Waals surface area contributed by atoms with Crippen LogP contribution in [0.5, 0.6) is 0 Å². The molecule has 0 unspecified atom stereocenters. The van der Waals surface area contributed by atoms with E-state index in [9.17, 15) is 9.59 Å². The molecule has 0 atom stereocenters. The molecule has 0 heterocycles. The summed E-state index contributed by atoms with van der Waals surface area (Å²) in [6.45, 7) is -0.362. The Morgan fingerprint density at radius 2 is 1.19 bits per heavy atom. The van der Waals surface area contributed by atoms with Crippen LogP contribution in [-0.2, 0) is 9.53 Å². The molecule has 0 fully saturated rings. The number of hydrogen-bond acceptors (Lipinski definition) is 3. The van der Waals surface area contributed by atoms with E-state index in [1.165, 1.54) is 0 Å². The van der Waals surface area contributed by atoms with E-state index in [1.807, 2.05) is 91.0 Å². The van der Waals surface area contributed by atoms with Gasteiger partial charge < -0.3 is 10.1 Å². The van der Waals surface area contributed by atoms with E-state index in [2.05, 4.69) is 11.4 Å². The standard InChI is InChI=1S/C27H19NO3/c29-25(28-24-15-7-11-18-8-1-4-12-21(18)24)17-31-27(30)26-22-13-5-2-9-19(22)16-20-10-3-6-14-23(20)26/h1-16H,17H2,(H,28,29). The molecule has 4 heteroatoms. The van der Waals surface area contributed by atoms with Crippen molar-refractivity contribution in [2.75, 3.05) is 11.9 Å². The van der Waals surface area contributed by atoms with Crippen LogP contribution in [0.15, 0.2) is 97.1 Å². The molecule has 5 aromatic rings. The van der Waals surface area contributed by atoms with Crippen LogP contribution in [0.25, 0.3) is 32.3 Å². The second-order valence-electron chi connectivity index (χ2n) is 7.34. The van der Waals surface area contributed by atoms with Crippen LogP contribution in [0, 0.1) is 0 Å². The first kappa shape index (κ1) is 18.8. The minimum absolute atomic E-state index is 0.362. The average Bonchev–Trinajstić information content (AvgIpc) is 2.81. The van der Waals surface area contributed by atoms with Crippen molar-refractivity contribution in [1.82, 2.24) is 0 Å². The van der Waals surface area contributed by atoms with Gasteiger partial charge in [-0.3, -0.25) is 4.79 Å². The van der Waals surface area contributed by atoms with E-state index in [4.69, 9.17) is 4.74 Å². The molecule has 0 aromatic heterocycles. The molecule has 0 saturated heterocycles. The van der Waals surface area contributed by atoms with Crippen LogP contribution in [0.3, 0.4) is 0 Å². The number of ether oxygens (including phenoxy) is 1. The lowest BCUT2D eigenvalue weighted by atomic mass is 9.97. The van der Waals surface area contributed by atoms with E-state index in [0.29, 0.717) is 11.3 Å². The van der Waals surface area contributed by atoms with Crippen LogP contribution < -0.4 is 5.32 Å². The fourth-order valence-corrected chi connectivity index (χ4v) is 3.96. The van der Waals surface area contributed by atoms with Gasteiger partial charge in [0.15, 0.2) is 6.61 Å². The fourth-order valence-electron chi connectivity index (χ4n) is 3.96. The Balaban J connectivity index is 1.40. The van der Waals surface area contributed by atoms with Crippen LogP contribution >= 0.6 is 0 Å². The zero-order valence-corrected chi connectivity index (χ0v) is 16.7. The number of nitrogens with one attached hydrogen (secondary N) is 1. The summed E-state index contributed by atoms with van der Waals surface area (Å²) in [7, 11) is 0. The SMILES string of the molecule is O=C(COC(=O)c1c2ccccc2cc2ccccc12)Nc1cccc2ccccc12. The van der Waals surface area contributed by atoms with Gasteiger partial charge >= 0.3 is 5.97 Å². The molecule has 5 aromatic carbocycles. The average molecular weight is 405 g/mol. The summed E-state index contributed by atoms with van der Waals surface area (Å²) in [4.78, 5) is 25.6. The predicted molar refractivity (Wildman–Crippen MR) is 124 cm³/mol. The molecule has 0 saturated carbocycles. The first-order chi connectivity index (χ1) is 15.2. The molecule has 0 aliphatic carbocycles. The minimum Gasteiger partial charge on any atom is -0.452 e. The Kier molecular flexibility index (Phi) is 4.81. The van der Waals surface area contributed by atoms with E-state index >= 15 is 0 Å². The van der Waals surface area contributed by atoms with Crippen LogP contribution in [0.1, 0.15) is 10.4 Å². The van der Waals surface area contributed by atoms with Crippen molar-refractivity contribution >= 4 is 49.9 Å². The molecule has 0 aliphatic heterocycles. The summed E-state index contributed by atoms with van der Waals surface area (Å²) in [6.07, 6.45) is 0. The van der Waals surface area contributed by atoms with E-state index in [1.54, 1.807) is 0 Å². The Morgan fingerprint density at radius 1 is 0.645 bits per heavy atom. The minimum atomic E-state index is -0.513. The number of esters is 1. The Morgan fingerprint density at radius 3 is 1.87 bits per heavy atom. The van der Waals surface area contributed by atoms with Gasteiger partial charge in [-0.2, -0.15) is 0 Å². The highest BCUT2D eigenvalue weighted by molar-refractivity contribution is 6.17. The molecule has 31 heavy (non-hydrogen) atoms. The molecule has 0 spiro atoms. The highest BCUT2D eigenvalue weighted by atomic mass is 16.5. The van der Waals surface area contributed by atoms with Gasteiger partial charge in [-0.25, -0.2) is 4.79 Å². The van der Waals surface area contributed by atoms with Crippen molar-refractivity contribution in [2.24, 2.45) is 0 Å². The molecule has 0 bridgehead atoms. The zero-order valence-electron chi connectivity index (χ0n) is 16.7. The molecular formula is C27H19NO3. The van der Waals surface area contributed by atoms with Gasteiger partial charge in [-0.15, -0.1) is 0 Å². The molecule has 150 valence electrons. The third kappa shape index (κ3) is 3.60. The molecule has 0 radical (unpaired) electrons. The van der Waals surface area contributed by atoms with Crippen LogP contribution in [0.2, 0.25) is 0 Å². The number of carbonyl (C=O) groups excluding carboxylic acids is 2. The van der Waals surface area contributed by atoms with Crippen molar-refractivity contribution in [1.29, 1.82) is 0 Å². The van der Waals surface area contributed by atoms with Crippen LogP contribution in [-0.4, -0.2) is 18.5 Å². The molecule has 5 rings (SSSR count). The van der Waals surface area contributed by atoms with Gasteiger partial charge in [0.1, 0.15) is 0 Å². The number of carbonyl (C=O) groups is 2. The lowest BCUT2D eigenvalue weighted by Gasteiger charge is -2.12. The predicted octanol–water partition coefficient (Wildman–Crippen LogP) is 5.94. The quantitative estimate of drug-likeness (QED) is 0.297. The van der Waals surface area contributed by atoms with Crippen LogP contribution in [0.4, 0.5) is 5.69 Å². The monoisotopic (exact) mass is 405 g/mol. The molecule has 1 amide bonds. The summed E-state index contributed by atoms with van der Waals surface area (Å²) >= 11 is 0. The maximum Gasteiger partial charge on any atom is 0.339 e. The largest absolute Gasteiger partial charge is 0.452 e. The molecule has 0 aliphatic rings. The van der Waals surface area contributed by atoms with Crippen molar-refractivity contribution in [3.63, 3.8) is 0 Å². The third-order valence-corrected chi connectivity index (χ3v) is 5.37. The molecule has 4 nitrogen and oxygen atoms in total. The van der Waals surface area contributed by atoms with Crippen molar-refractivity contribution in [3.8, 4) is 0 Å². The number of rotatable bonds is 4. The first-order valence-corrected chi connectivity index (χ1v) is 10.1. The number of fused-ring (bicyclic) bond motifs is 3. The highest BCUT2D eigenvalue weighted by Gasteiger charge is 2.17. The second kappa shape index (κ2) is 7.92. The van der Waals surface area contributed by atoms with Gasteiger partial charge in [-0.05, 0) is 39.1 Å². The smallest absolute Gasteiger partial charge is 0.339 e. The van der Waals surface area contributed by atoms with E-state index in [0.717, 1.165) is 32.3 Å². The Labute approximate surface area is 179 Å². The third-order valence-electron chi connectivity index (χ3n) is 5.37. The number of amides is 1. The van der Waals surface area contributed by atoms with Crippen molar-refractivity contribution in [3.05, 3.63) is 103 Å². The molecular weight excluding hydrogens is 386 g/mol. The van der Waals surface area contributed by atoms with Crippen molar-refractivity contribution < 1.29 is 14.3 Å². The number of anilines is 1. The number of hydrogen-bond donors (Lipinski definition) is 1. The maximum absolute atomic E-state index is 13.0.